The summed E-state index contributed by atoms with van der Waals surface area (Å²) in [5.74, 6) is -0.0921. The molecule has 66 valence electrons. The molecule has 0 fully saturated rings. The molecule has 4 N–H and O–H groups in total. The Morgan fingerprint density at radius 2 is 2.00 bits per heavy atom. The van der Waals surface area contributed by atoms with Crippen LogP contribution in [0.15, 0.2) is 18.2 Å². The molecule has 0 saturated carbocycles. The van der Waals surface area contributed by atoms with E-state index in [1.165, 1.54) is 18.2 Å². The predicted molar refractivity (Wildman–Crippen MR) is 51.4 cm³/mol. The van der Waals surface area contributed by atoms with Gasteiger partial charge in [-0.05, 0) is 18.2 Å². The van der Waals surface area contributed by atoms with Crippen LogP contribution in [0, 0.1) is 5.41 Å². The summed E-state index contributed by atoms with van der Waals surface area (Å²) in [7, 11) is 0. The van der Waals surface area contributed by atoms with Crippen molar-refractivity contribution in [2.24, 2.45) is 5.73 Å². The van der Waals surface area contributed by atoms with Crippen molar-refractivity contribution in [2.45, 2.75) is 0 Å². The number of hydrogen-bond acceptors (Lipinski definition) is 2. The maximum absolute atomic E-state index is 9.01. The lowest BCUT2D eigenvalue weighted by molar-refractivity contribution is 0.475. The van der Waals surface area contributed by atoms with Gasteiger partial charge in [0.25, 0.3) is 0 Å². The van der Waals surface area contributed by atoms with Gasteiger partial charge < -0.3 is 10.8 Å². The normalized spacial score (nSPS) is 8.75. The molecule has 0 saturated heterocycles. The third-order valence-corrected chi connectivity index (χ3v) is 1.41. The molecule has 12 heavy (non-hydrogen) atoms. The van der Waals surface area contributed by atoms with E-state index in [0.29, 0.717) is 10.6 Å². The van der Waals surface area contributed by atoms with Gasteiger partial charge in [0.05, 0.1) is 0 Å². The Kier molecular flexibility index (Phi) is 3.86. The number of nitrogen functional groups attached to an aromatic ring is 1. The van der Waals surface area contributed by atoms with E-state index in [4.69, 9.17) is 27.9 Å². The smallest absolute Gasteiger partial charge is 0.122 e. The summed E-state index contributed by atoms with van der Waals surface area (Å²) in [5, 5.41) is 16.4. The van der Waals surface area contributed by atoms with Gasteiger partial charge in [-0.25, -0.2) is 0 Å². The SMILES string of the molecule is Cl.N=C(N)c1cc(O)cc(Cl)c1. The van der Waals surface area contributed by atoms with Gasteiger partial charge in [-0.3, -0.25) is 5.41 Å². The molecule has 0 aliphatic carbocycles. The second kappa shape index (κ2) is 4.18. The molecule has 1 rings (SSSR count). The van der Waals surface area contributed by atoms with Crippen LogP contribution < -0.4 is 5.73 Å². The van der Waals surface area contributed by atoms with E-state index in [-0.39, 0.29) is 24.0 Å². The number of phenolic OH excluding ortho intramolecular Hbond substituents is 1. The van der Waals surface area contributed by atoms with Crippen molar-refractivity contribution in [2.75, 3.05) is 0 Å². The number of hydrogen-bond donors (Lipinski definition) is 3. The van der Waals surface area contributed by atoms with Crippen molar-refractivity contribution in [3.05, 3.63) is 28.8 Å². The summed E-state index contributed by atoms with van der Waals surface area (Å²) >= 11 is 5.58. The van der Waals surface area contributed by atoms with E-state index < -0.39 is 0 Å². The second-order valence-corrected chi connectivity index (χ2v) is 2.55. The Hall–Kier alpha value is -0.930. The number of benzene rings is 1. The topological polar surface area (TPSA) is 70.1 Å². The third-order valence-electron chi connectivity index (χ3n) is 1.19. The fourth-order valence-electron chi connectivity index (χ4n) is 0.730. The van der Waals surface area contributed by atoms with E-state index >= 15 is 0 Å². The number of aromatic hydroxyl groups is 1. The first-order valence-electron chi connectivity index (χ1n) is 2.93. The molecule has 1 aromatic carbocycles. The largest absolute Gasteiger partial charge is 0.508 e. The Morgan fingerprint density at radius 1 is 1.42 bits per heavy atom. The molecule has 0 bridgehead atoms. The summed E-state index contributed by atoms with van der Waals surface area (Å²) in [6.45, 7) is 0. The fourth-order valence-corrected chi connectivity index (χ4v) is 0.959. The van der Waals surface area contributed by atoms with Gasteiger partial charge in [0, 0.05) is 10.6 Å². The van der Waals surface area contributed by atoms with Crippen molar-refractivity contribution in [3.63, 3.8) is 0 Å². The van der Waals surface area contributed by atoms with Gasteiger partial charge in [-0.1, -0.05) is 11.6 Å². The lowest BCUT2D eigenvalue weighted by Gasteiger charge is -1.99. The molecule has 0 aromatic heterocycles. The summed E-state index contributed by atoms with van der Waals surface area (Å²) in [6.07, 6.45) is 0. The maximum atomic E-state index is 9.01. The highest BCUT2D eigenvalue weighted by Gasteiger charge is 1.99. The van der Waals surface area contributed by atoms with Crippen molar-refractivity contribution in [1.82, 2.24) is 0 Å². The Labute approximate surface area is 81.1 Å². The number of amidine groups is 1. The number of rotatable bonds is 1. The molecule has 0 radical (unpaired) electrons. The average Bonchev–Trinajstić information content (AvgIpc) is 1.85. The number of phenols is 1. The third kappa shape index (κ3) is 2.60. The summed E-state index contributed by atoms with van der Waals surface area (Å²) in [5.41, 5.74) is 5.59. The highest BCUT2D eigenvalue weighted by Crippen LogP contribution is 2.18. The Morgan fingerprint density at radius 3 is 2.42 bits per heavy atom. The minimum absolute atomic E-state index is 0. The molecule has 0 amide bonds. The monoisotopic (exact) mass is 206 g/mol. The van der Waals surface area contributed by atoms with E-state index in [1.54, 1.807) is 0 Å². The molecule has 3 nitrogen and oxygen atoms in total. The quantitative estimate of drug-likeness (QED) is 0.485. The molecule has 0 aliphatic heterocycles. The minimum Gasteiger partial charge on any atom is -0.508 e. The van der Waals surface area contributed by atoms with E-state index in [2.05, 4.69) is 0 Å². The van der Waals surface area contributed by atoms with Crippen LogP contribution in [0.3, 0.4) is 0 Å². The van der Waals surface area contributed by atoms with Crippen LogP contribution in [0.25, 0.3) is 0 Å². The minimum atomic E-state index is -0.109. The van der Waals surface area contributed by atoms with Crippen molar-refractivity contribution < 1.29 is 5.11 Å². The molecular weight excluding hydrogens is 199 g/mol. The fraction of sp³-hybridized carbons (Fsp3) is 0. The Balaban J connectivity index is 0.00000121. The summed E-state index contributed by atoms with van der Waals surface area (Å²) < 4.78 is 0. The molecule has 0 atom stereocenters. The average molecular weight is 207 g/mol. The highest BCUT2D eigenvalue weighted by atomic mass is 35.5. The predicted octanol–water partition coefficient (Wildman–Crippen LogP) is 1.75. The summed E-state index contributed by atoms with van der Waals surface area (Å²) in [4.78, 5) is 0. The van der Waals surface area contributed by atoms with Gasteiger partial charge in [0.2, 0.25) is 0 Å². The second-order valence-electron chi connectivity index (χ2n) is 2.11. The molecule has 0 unspecified atom stereocenters. The molecule has 0 spiro atoms. The number of nitrogens with two attached hydrogens (primary N) is 1. The van der Waals surface area contributed by atoms with E-state index in [9.17, 15) is 0 Å². The lowest BCUT2D eigenvalue weighted by atomic mass is 10.2. The van der Waals surface area contributed by atoms with Gasteiger partial charge in [0.15, 0.2) is 0 Å². The van der Waals surface area contributed by atoms with Crippen LogP contribution in [-0.4, -0.2) is 10.9 Å². The highest BCUT2D eigenvalue weighted by molar-refractivity contribution is 6.31. The van der Waals surface area contributed by atoms with E-state index in [0.717, 1.165) is 0 Å². The lowest BCUT2D eigenvalue weighted by Crippen LogP contribution is -2.10. The standard InChI is InChI=1S/C7H7ClN2O.ClH/c8-5-1-4(7(9)10)2-6(11)3-5;/h1-3,11H,(H3,9,10);1H. The van der Waals surface area contributed by atoms with Crippen LogP contribution in [-0.2, 0) is 0 Å². The molecule has 1 aromatic rings. The van der Waals surface area contributed by atoms with Crippen molar-refractivity contribution in [3.8, 4) is 5.75 Å². The first-order chi connectivity index (χ1) is 5.09. The van der Waals surface area contributed by atoms with Crippen LogP contribution in [0.2, 0.25) is 5.02 Å². The first kappa shape index (κ1) is 11.1. The van der Waals surface area contributed by atoms with Gasteiger partial charge in [0.1, 0.15) is 11.6 Å². The van der Waals surface area contributed by atoms with Gasteiger partial charge in [-0.2, -0.15) is 0 Å². The zero-order valence-electron chi connectivity index (χ0n) is 6.04. The van der Waals surface area contributed by atoms with Crippen LogP contribution in [0.1, 0.15) is 5.56 Å². The van der Waals surface area contributed by atoms with Crippen LogP contribution >= 0.6 is 24.0 Å². The van der Waals surface area contributed by atoms with Crippen LogP contribution in [0.5, 0.6) is 5.75 Å². The molecule has 5 heteroatoms. The number of nitrogens with one attached hydrogen (secondary N) is 1. The molecule has 0 heterocycles. The van der Waals surface area contributed by atoms with Crippen molar-refractivity contribution in [1.29, 1.82) is 5.41 Å². The zero-order chi connectivity index (χ0) is 8.43. The molecule has 0 aliphatic rings. The van der Waals surface area contributed by atoms with Gasteiger partial charge in [-0.15, -0.1) is 12.4 Å². The zero-order valence-corrected chi connectivity index (χ0v) is 7.62. The van der Waals surface area contributed by atoms with Gasteiger partial charge >= 0.3 is 0 Å². The van der Waals surface area contributed by atoms with Crippen molar-refractivity contribution >= 4 is 29.8 Å². The first-order valence-corrected chi connectivity index (χ1v) is 3.31. The number of halogens is 2. The molecular formula is C7H8Cl2N2O. The van der Waals surface area contributed by atoms with E-state index in [1.807, 2.05) is 0 Å². The summed E-state index contributed by atoms with van der Waals surface area (Å²) in [6, 6.07) is 4.28. The van der Waals surface area contributed by atoms with Crippen LogP contribution in [0.4, 0.5) is 0 Å². The Bertz CT molecular complexity index is 281. The maximum Gasteiger partial charge on any atom is 0.122 e.